The van der Waals surface area contributed by atoms with Gasteiger partial charge in [-0.25, -0.2) is 8.42 Å². The van der Waals surface area contributed by atoms with Crippen molar-refractivity contribution in [1.82, 2.24) is 14.6 Å². The van der Waals surface area contributed by atoms with Crippen molar-refractivity contribution in [3.05, 3.63) is 29.7 Å². The van der Waals surface area contributed by atoms with Crippen molar-refractivity contribution >= 4 is 21.8 Å². The Morgan fingerprint density at radius 2 is 1.95 bits per heavy atom. The fourth-order valence-corrected chi connectivity index (χ4v) is 3.91. The minimum atomic E-state index is -2.89. The smallest absolute Gasteiger partial charge is 0.160 e. The first-order valence-electron chi connectivity index (χ1n) is 6.09. The SMILES string of the molecule is O=Cc1ccc2nnc(C3CCS(=O)(=O)CC3)n2c1. The highest BCUT2D eigenvalue weighted by atomic mass is 32.2. The number of aromatic nitrogens is 3. The van der Waals surface area contributed by atoms with Crippen LogP contribution in [0.15, 0.2) is 18.3 Å². The fourth-order valence-electron chi connectivity index (χ4n) is 2.42. The second-order valence-corrected chi connectivity index (χ2v) is 7.10. The summed E-state index contributed by atoms with van der Waals surface area (Å²) in [5.41, 5.74) is 1.23. The highest BCUT2D eigenvalue weighted by molar-refractivity contribution is 7.91. The lowest BCUT2D eigenvalue weighted by Gasteiger charge is -2.20. The summed E-state index contributed by atoms with van der Waals surface area (Å²) in [6, 6.07) is 3.42. The summed E-state index contributed by atoms with van der Waals surface area (Å²) in [7, 11) is -2.89. The van der Waals surface area contributed by atoms with Gasteiger partial charge in [0.2, 0.25) is 0 Å². The number of fused-ring (bicyclic) bond motifs is 1. The molecular weight excluding hydrogens is 266 g/mol. The predicted octanol–water partition coefficient (Wildman–Crippen LogP) is 0.834. The maximum absolute atomic E-state index is 11.4. The molecule has 0 N–H and O–H groups in total. The van der Waals surface area contributed by atoms with Gasteiger partial charge in [-0.2, -0.15) is 0 Å². The summed E-state index contributed by atoms with van der Waals surface area (Å²) in [5.74, 6) is 1.22. The van der Waals surface area contributed by atoms with Crippen LogP contribution >= 0.6 is 0 Å². The zero-order valence-corrected chi connectivity index (χ0v) is 11.0. The Labute approximate surface area is 110 Å². The van der Waals surface area contributed by atoms with Crippen LogP contribution in [-0.4, -0.2) is 40.8 Å². The van der Waals surface area contributed by atoms with Crippen molar-refractivity contribution < 1.29 is 13.2 Å². The quantitative estimate of drug-likeness (QED) is 0.761. The highest BCUT2D eigenvalue weighted by Crippen LogP contribution is 2.28. The molecule has 3 heterocycles. The summed E-state index contributed by atoms with van der Waals surface area (Å²) in [4.78, 5) is 10.8. The first-order valence-corrected chi connectivity index (χ1v) is 7.91. The Balaban J connectivity index is 1.99. The third-order valence-corrected chi connectivity index (χ3v) is 5.22. The number of nitrogens with zero attached hydrogens (tertiary/aromatic N) is 3. The number of carbonyl (C=O) groups excluding carboxylic acids is 1. The average molecular weight is 279 g/mol. The van der Waals surface area contributed by atoms with Gasteiger partial charge in [0.15, 0.2) is 11.9 Å². The van der Waals surface area contributed by atoms with E-state index in [0.717, 1.165) is 12.1 Å². The van der Waals surface area contributed by atoms with Crippen molar-refractivity contribution in [1.29, 1.82) is 0 Å². The van der Waals surface area contributed by atoms with Crippen LogP contribution in [0.5, 0.6) is 0 Å². The van der Waals surface area contributed by atoms with Crippen molar-refractivity contribution in [2.24, 2.45) is 0 Å². The van der Waals surface area contributed by atoms with Gasteiger partial charge in [0.1, 0.15) is 15.7 Å². The number of sulfone groups is 1. The van der Waals surface area contributed by atoms with E-state index < -0.39 is 9.84 Å². The number of hydrogen-bond donors (Lipinski definition) is 0. The molecule has 0 spiro atoms. The van der Waals surface area contributed by atoms with Gasteiger partial charge in [0.25, 0.3) is 0 Å². The molecule has 0 bridgehead atoms. The van der Waals surface area contributed by atoms with E-state index >= 15 is 0 Å². The maximum Gasteiger partial charge on any atom is 0.160 e. The van der Waals surface area contributed by atoms with Gasteiger partial charge >= 0.3 is 0 Å². The van der Waals surface area contributed by atoms with Crippen molar-refractivity contribution in [2.75, 3.05) is 11.5 Å². The molecule has 2 aromatic rings. The van der Waals surface area contributed by atoms with Crippen LogP contribution in [0.2, 0.25) is 0 Å². The lowest BCUT2D eigenvalue weighted by molar-refractivity contribution is 0.112. The summed E-state index contributed by atoms with van der Waals surface area (Å²) in [6.07, 6.45) is 3.60. The third kappa shape index (κ3) is 2.25. The van der Waals surface area contributed by atoms with E-state index in [-0.39, 0.29) is 17.4 Å². The molecule has 0 aliphatic carbocycles. The molecule has 1 fully saturated rings. The second-order valence-electron chi connectivity index (χ2n) is 4.79. The van der Waals surface area contributed by atoms with E-state index in [0.29, 0.717) is 24.1 Å². The topological polar surface area (TPSA) is 81.4 Å². The summed E-state index contributed by atoms with van der Waals surface area (Å²) < 4.78 is 24.7. The van der Waals surface area contributed by atoms with Crippen LogP contribution in [0.3, 0.4) is 0 Å². The summed E-state index contributed by atoms with van der Waals surface area (Å²) >= 11 is 0. The maximum atomic E-state index is 11.4. The molecule has 7 heteroatoms. The molecular formula is C12H13N3O3S. The minimum Gasteiger partial charge on any atom is -0.298 e. The zero-order chi connectivity index (χ0) is 13.5. The van der Waals surface area contributed by atoms with Gasteiger partial charge in [-0.3, -0.25) is 9.20 Å². The highest BCUT2D eigenvalue weighted by Gasteiger charge is 2.27. The minimum absolute atomic E-state index is 0.0837. The van der Waals surface area contributed by atoms with Crippen LogP contribution in [0, 0.1) is 0 Å². The van der Waals surface area contributed by atoms with Crippen molar-refractivity contribution in [3.8, 4) is 0 Å². The molecule has 1 aliphatic heterocycles. The van der Waals surface area contributed by atoms with E-state index in [1.807, 2.05) is 0 Å². The van der Waals surface area contributed by atoms with Crippen LogP contribution in [0.25, 0.3) is 5.65 Å². The molecule has 0 radical (unpaired) electrons. The Morgan fingerprint density at radius 1 is 1.21 bits per heavy atom. The molecule has 0 atom stereocenters. The Kier molecular flexibility index (Phi) is 2.85. The predicted molar refractivity (Wildman–Crippen MR) is 69.0 cm³/mol. The molecule has 1 aliphatic rings. The number of aldehydes is 1. The number of carbonyl (C=O) groups is 1. The van der Waals surface area contributed by atoms with E-state index in [1.54, 1.807) is 22.7 Å². The van der Waals surface area contributed by atoms with Crippen LogP contribution < -0.4 is 0 Å². The monoisotopic (exact) mass is 279 g/mol. The molecule has 1 saturated heterocycles. The van der Waals surface area contributed by atoms with E-state index in [4.69, 9.17) is 0 Å². The molecule has 0 aromatic carbocycles. The fraction of sp³-hybridized carbons (Fsp3) is 0.417. The molecule has 0 unspecified atom stereocenters. The van der Waals surface area contributed by atoms with Crippen LogP contribution in [0.4, 0.5) is 0 Å². The molecule has 2 aromatic heterocycles. The van der Waals surface area contributed by atoms with Crippen LogP contribution in [0.1, 0.15) is 34.9 Å². The van der Waals surface area contributed by atoms with Crippen molar-refractivity contribution in [3.63, 3.8) is 0 Å². The number of hydrogen-bond acceptors (Lipinski definition) is 5. The van der Waals surface area contributed by atoms with E-state index in [2.05, 4.69) is 10.2 Å². The average Bonchev–Trinajstić information content (AvgIpc) is 2.81. The first kappa shape index (κ1) is 12.3. The second kappa shape index (κ2) is 4.41. The Morgan fingerprint density at radius 3 is 2.63 bits per heavy atom. The van der Waals surface area contributed by atoms with Gasteiger partial charge < -0.3 is 0 Å². The van der Waals surface area contributed by atoms with Gasteiger partial charge in [-0.15, -0.1) is 10.2 Å². The molecule has 100 valence electrons. The van der Waals surface area contributed by atoms with Crippen LogP contribution in [-0.2, 0) is 9.84 Å². The lowest BCUT2D eigenvalue weighted by Crippen LogP contribution is -2.23. The largest absolute Gasteiger partial charge is 0.298 e. The van der Waals surface area contributed by atoms with Gasteiger partial charge in [-0.1, -0.05) is 0 Å². The van der Waals surface area contributed by atoms with E-state index in [9.17, 15) is 13.2 Å². The van der Waals surface area contributed by atoms with E-state index in [1.165, 1.54) is 0 Å². The standard InChI is InChI=1S/C12H13N3O3S/c16-8-9-1-2-11-13-14-12(15(11)7-9)10-3-5-19(17,18)6-4-10/h1-2,7-8,10H,3-6H2. The molecule has 0 amide bonds. The van der Waals surface area contributed by atoms with Gasteiger partial charge in [-0.05, 0) is 25.0 Å². The first-order chi connectivity index (χ1) is 9.09. The van der Waals surface area contributed by atoms with Gasteiger partial charge in [0.05, 0.1) is 11.5 Å². The third-order valence-electron chi connectivity index (χ3n) is 3.51. The number of pyridine rings is 1. The summed E-state index contributed by atoms with van der Waals surface area (Å²) in [6.45, 7) is 0. The Bertz CT molecular complexity index is 722. The molecule has 3 rings (SSSR count). The van der Waals surface area contributed by atoms with Crippen molar-refractivity contribution in [2.45, 2.75) is 18.8 Å². The zero-order valence-electron chi connectivity index (χ0n) is 10.2. The summed E-state index contributed by atoms with van der Waals surface area (Å²) in [5, 5.41) is 8.20. The molecule has 6 nitrogen and oxygen atoms in total. The lowest BCUT2D eigenvalue weighted by atomic mass is 10.0. The molecule has 0 saturated carbocycles. The molecule has 19 heavy (non-hydrogen) atoms. The number of rotatable bonds is 2. The Hall–Kier alpha value is -1.76. The normalized spacial score (nSPS) is 19.6. The van der Waals surface area contributed by atoms with Gasteiger partial charge in [0, 0.05) is 17.7 Å².